The van der Waals surface area contributed by atoms with Crippen LogP contribution >= 0.6 is 0 Å². The molecule has 1 aromatic rings. The molecule has 2 fully saturated rings. The lowest BCUT2D eigenvalue weighted by molar-refractivity contribution is -0.178. The first kappa shape index (κ1) is 29.5. The van der Waals surface area contributed by atoms with E-state index in [2.05, 4.69) is 24.0 Å². The summed E-state index contributed by atoms with van der Waals surface area (Å²) < 4.78 is 23.2. The van der Waals surface area contributed by atoms with E-state index in [1.165, 1.54) is 0 Å². The van der Waals surface area contributed by atoms with Crippen LogP contribution in [0.4, 0.5) is 0 Å². The van der Waals surface area contributed by atoms with Crippen LogP contribution in [0.1, 0.15) is 96.1 Å². The molecule has 0 amide bonds. The topological polar surface area (TPSA) is 115 Å². The van der Waals surface area contributed by atoms with Crippen molar-refractivity contribution < 1.29 is 38.7 Å². The van der Waals surface area contributed by atoms with Gasteiger partial charge in [-0.2, -0.15) is 0 Å². The van der Waals surface area contributed by atoms with Crippen LogP contribution in [0.5, 0.6) is 11.5 Å². The summed E-state index contributed by atoms with van der Waals surface area (Å²) in [6, 6.07) is 4.11. The summed E-state index contributed by atoms with van der Waals surface area (Å²) in [5.41, 5.74) is -0.174. The van der Waals surface area contributed by atoms with Gasteiger partial charge in [-0.05, 0) is 108 Å². The molecule has 6 rings (SSSR count). The number of hydrogen-bond donors (Lipinski definition) is 2. The molecule has 230 valence electrons. The molecule has 1 saturated heterocycles. The van der Waals surface area contributed by atoms with Gasteiger partial charge in [-0.25, -0.2) is 4.79 Å². The lowest BCUT2D eigenvalue weighted by atomic mass is 9.77. The fraction of sp³-hybridized carbons (Fsp3) is 0.697. The maximum atomic E-state index is 14.0. The molecule has 3 aliphatic heterocycles. The van der Waals surface area contributed by atoms with Gasteiger partial charge < -0.3 is 29.2 Å². The maximum Gasteiger partial charge on any atom is 0.339 e. The van der Waals surface area contributed by atoms with Crippen LogP contribution in [0, 0.1) is 5.41 Å². The minimum absolute atomic E-state index is 0.00968. The third kappa shape index (κ3) is 5.55. The normalized spacial score (nSPS) is 28.6. The van der Waals surface area contributed by atoms with Gasteiger partial charge in [0.25, 0.3) is 0 Å². The second-order valence-corrected chi connectivity index (χ2v) is 14.3. The van der Waals surface area contributed by atoms with Crippen LogP contribution in [0.3, 0.4) is 0 Å². The Morgan fingerprint density at radius 2 is 1.83 bits per heavy atom. The highest BCUT2D eigenvalue weighted by atomic mass is 16.7. The van der Waals surface area contributed by atoms with Gasteiger partial charge in [-0.1, -0.05) is 13.0 Å². The van der Waals surface area contributed by atoms with Crippen molar-refractivity contribution in [2.75, 3.05) is 26.5 Å². The minimum Gasteiger partial charge on any atom is -0.465 e. The van der Waals surface area contributed by atoms with E-state index >= 15 is 0 Å². The van der Waals surface area contributed by atoms with Crippen LogP contribution in [0.2, 0.25) is 0 Å². The Bertz CT molecular complexity index is 1280. The van der Waals surface area contributed by atoms with E-state index in [0.29, 0.717) is 18.6 Å². The summed E-state index contributed by atoms with van der Waals surface area (Å²) in [5.74, 6) is -0.187. The number of ether oxygens (including phenoxy) is 4. The number of carbonyl (C=O) groups excluding carboxylic acids is 2. The van der Waals surface area contributed by atoms with E-state index in [1.54, 1.807) is 13.8 Å². The second kappa shape index (κ2) is 10.5. The van der Waals surface area contributed by atoms with Crippen molar-refractivity contribution in [3.8, 4) is 11.5 Å². The Morgan fingerprint density at radius 3 is 2.55 bits per heavy atom. The molecule has 2 aliphatic carbocycles. The highest BCUT2D eigenvalue weighted by Crippen LogP contribution is 2.55. The number of nitrogens with zero attached hydrogens (tertiary/aromatic N) is 1. The SMILES string of the molecule is CC1=C[C@]23CCCN2CCc2cc4c(cc2[C@@H]3C1OC(=O)C(O)(CCCC(C)(C)O)CC(=O)OCC1(C)CC1)OCO4. The molecule has 1 aromatic carbocycles. The van der Waals surface area contributed by atoms with Crippen LogP contribution in [-0.2, 0) is 25.5 Å². The van der Waals surface area contributed by atoms with Crippen molar-refractivity contribution >= 4 is 11.9 Å². The fourth-order valence-electron chi connectivity index (χ4n) is 7.40. The van der Waals surface area contributed by atoms with Crippen LogP contribution in [0.25, 0.3) is 0 Å². The van der Waals surface area contributed by atoms with Gasteiger partial charge in [0.2, 0.25) is 6.79 Å². The zero-order valence-corrected chi connectivity index (χ0v) is 25.4. The number of fused-ring (bicyclic) bond motifs is 3. The molecule has 0 aromatic heterocycles. The van der Waals surface area contributed by atoms with Crippen molar-refractivity contribution in [1.82, 2.24) is 4.90 Å². The average molecular weight is 584 g/mol. The van der Waals surface area contributed by atoms with Gasteiger partial charge in [0.1, 0.15) is 6.10 Å². The molecular formula is C33H45NO8. The Labute approximate surface area is 248 Å². The smallest absolute Gasteiger partial charge is 0.339 e. The highest BCUT2D eigenvalue weighted by molar-refractivity contribution is 5.86. The van der Waals surface area contributed by atoms with Crippen molar-refractivity contribution in [2.24, 2.45) is 5.41 Å². The molecule has 1 saturated carbocycles. The molecule has 42 heavy (non-hydrogen) atoms. The zero-order valence-electron chi connectivity index (χ0n) is 25.4. The van der Waals surface area contributed by atoms with Crippen molar-refractivity contribution in [1.29, 1.82) is 0 Å². The molecule has 2 unspecified atom stereocenters. The molecule has 1 spiro atoms. The molecule has 9 nitrogen and oxygen atoms in total. The first-order chi connectivity index (χ1) is 19.8. The predicted molar refractivity (Wildman–Crippen MR) is 154 cm³/mol. The molecule has 2 N–H and O–H groups in total. The zero-order chi connectivity index (χ0) is 29.9. The molecule has 0 radical (unpaired) electrons. The lowest BCUT2D eigenvalue weighted by Gasteiger charge is -2.40. The van der Waals surface area contributed by atoms with Gasteiger partial charge >= 0.3 is 11.9 Å². The molecule has 9 heteroatoms. The molecular weight excluding hydrogens is 538 g/mol. The third-order valence-electron chi connectivity index (χ3n) is 10.1. The third-order valence-corrected chi connectivity index (χ3v) is 10.1. The Hall–Kier alpha value is -2.62. The summed E-state index contributed by atoms with van der Waals surface area (Å²) in [6.07, 6.45) is 6.67. The summed E-state index contributed by atoms with van der Waals surface area (Å²) >= 11 is 0. The van der Waals surface area contributed by atoms with E-state index in [9.17, 15) is 19.8 Å². The number of rotatable bonds is 10. The van der Waals surface area contributed by atoms with E-state index in [4.69, 9.17) is 18.9 Å². The van der Waals surface area contributed by atoms with E-state index in [0.717, 1.165) is 67.6 Å². The Morgan fingerprint density at radius 1 is 1.10 bits per heavy atom. The second-order valence-electron chi connectivity index (χ2n) is 14.3. The first-order valence-electron chi connectivity index (χ1n) is 15.5. The van der Waals surface area contributed by atoms with Gasteiger partial charge in [-0.15, -0.1) is 0 Å². The molecule has 5 aliphatic rings. The lowest BCUT2D eigenvalue weighted by Crippen LogP contribution is -2.49. The predicted octanol–water partition coefficient (Wildman–Crippen LogP) is 4.17. The Balaban J connectivity index is 1.28. The fourth-order valence-corrected chi connectivity index (χ4v) is 7.40. The molecule has 3 heterocycles. The van der Waals surface area contributed by atoms with Crippen LogP contribution < -0.4 is 9.47 Å². The summed E-state index contributed by atoms with van der Waals surface area (Å²) in [4.78, 5) is 29.4. The summed E-state index contributed by atoms with van der Waals surface area (Å²) in [5, 5.41) is 22.0. The largest absolute Gasteiger partial charge is 0.465 e. The number of aliphatic hydroxyl groups is 2. The number of benzene rings is 1. The van der Waals surface area contributed by atoms with Gasteiger partial charge in [-0.3, -0.25) is 9.69 Å². The van der Waals surface area contributed by atoms with E-state index in [1.807, 2.05) is 13.0 Å². The number of carbonyl (C=O) groups is 2. The number of esters is 2. The van der Waals surface area contributed by atoms with Crippen molar-refractivity contribution in [3.05, 3.63) is 34.9 Å². The van der Waals surface area contributed by atoms with Crippen molar-refractivity contribution in [3.63, 3.8) is 0 Å². The van der Waals surface area contributed by atoms with Crippen LogP contribution in [0.15, 0.2) is 23.8 Å². The summed E-state index contributed by atoms with van der Waals surface area (Å²) in [6.45, 7) is 9.72. The van der Waals surface area contributed by atoms with Gasteiger partial charge in [0, 0.05) is 17.9 Å². The standard InChI is InChI=1S/C33H45NO8/c1-21-17-32-9-6-13-34(32)14-7-22-15-24-25(41-20-40-24)16-23(22)27(32)28(21)42-29(36)33(38,10-5-8-30(2,3)37)18-26(35)39-19-31(4)11-12-31/h15-17,27-28,37-38H,5-14,18-20H2,1-4H3/t27-,28?,32+,33?/m1/s1. The summed E-state index contributed by atoms with van der Waals surface area (Å²) in [7, 11) is 0. The van der Waals surface area contributed by atoms with Gasteiger partial charge in [0.05, 0.1) is 24.2 Å². The highest BCUT2D eigenvalue weighted by Gasteiger charge is 2.57. The minimum atomic E-state index is -2.07. The van der Waals surface area contributed by atoms with E-state index in [-0.39, 0.29) is 36.7 Å². The average Bonchev–Trinajstić information content (AvgIpc) is 3.20. The van der Waals surface area contributed by atoms with Crippen molar-refractivity contribution in [2.45, 2.75) is 114 Å². The maximum absolute atomic E-state index is 14.0. The van der Waals surface area contributed by atoms with Crippen LogP contribution in [-0.4, -0.2) is 76.4 Å². The molecule has 0 bridgehead atoms. The number of hydrogen-bond acceptors (Lipinski definition) is 9. The van der Waals surface area contributed by atoms with Gasteiger partial charge in [0.15, 0.2) is 17.1 Å². The van der Waals surface area contributed by atoms with E-state index < -0.39 is 35.7 Å². The first-order valence-corrected chi connectivity index (χ1v) is 15.5. The molecule has 4 atom stereocenters. The quantitative estimate of drug-likeness (QED) is 0.309. The Kier molecular flexibility index (Phi) is 7.38. The monoisotopic (exact) mass is 583 g/mol.